The van der Waals surface area contributed by atoms with Crippen molar-refractivity contribution >= 4 is 35.4 Å². The van der Waals surface area contributed by atoms with Crippen LogP contribution in [0.15, 0.2) is 0 Å². The number of rotatable bonds is 17. The number of amides is 6. The third-order valence-electron chi connectivity index (χ3n) is 12.5. The number of unbranched alkanes of at least 4 members (excludes halogenated alkanes) is 7. The van der Waals surface area contributed by atoms with Gasteiger partial charge in [0.25, 0.3) is 0 Å². The van der Waals surface area contributed by atoms with Gasteiger partial charge in [0, 0.05) is 63.2 Å². The lowest BCUT2D eigenvalue weighted by atomic mass is 10.0. The largest absolute Gasteiger partial charge is 0.341 e. The Labute approximate surface area is 323 Å². The molecule has 0 radical (unpaired) electrons. The maximum absolute atomic E-state index is 13.6. The predicted octanol–water partition coefficient (Wildman–Crippen LogP) is 2.30. The minimum Gasteiger partial charge on any atom is -0.341 e. The molecular weight excluding hydrogens is 688 g/mol. The van der Waals surface area contributed by atoms with Gasteiger partial charge in [-0.2, -0.15) is 0 Å². The van der Waals surface area contributed by atoms with Crippen LogP contribution in [0.3, 0.4) is 0 Å². The zero-order chi connectivity index (χ0) is 39.4. The molecule has 306 valence electrons. The minimum absolute atomic E-state index is 0.0497. The molecule has 4 aliphatic heterocycles. The molecule has 0 aliphatic carbocycles. The van der Waals surface area contributed by atoms with Crippen LogP contribution < -0.4 is 21.3 Å². The molecule has 54 heavy (non-hydrogen) atoms. The number of nitrogens with zero attached hydrogens (tertiary/aromatic N) is 4. The zero-order valence-corrected chi connectivity index (χ0v) is 34.0. The fraction of sp³-hybridized carbons (Fsp3) is 0.850. The van der Waals surface area contributed by atoms with Crippen molar-refractivity contribution in [3.63, 3.8) is 0 Å². The monoisotopic (exact) mass is 759 g/mol. The Morgan fingerprint density at radius 2 is 0.926 bits per heavy atom. The van der Waals surface area contributed by atoms with Crippen LogP contribution in [0.5, 0.6) is 0 Å². The first-order valence-electron chi connectivity index (χ1n) is 21.0. The van der Waals surface area contributed by atoms with Gasteiger partial charge >= 0.3 is 0 Å². The molecule has 4 fully saturated rings. The van der Waals surface area contributed by atoms with E-state index in [9.17, 15) is 28.8 Å². The summed E-state index contributed by atoms with van der Waals surface area (Å²) < 4.78 is 0. The molecule has 4 N–H and O–H groups in total. The lowest BCUT2D eigenvalue weighted by Gasteiger charge is -2.38. The molecule has 0 saturated carbocycles. The summed E-state index contributed by atoms with van der Waals surface area (Å²) in [4.78, 5) is 86.8. The van der Waals surface area contributed by atoms with Gasteiger partial charge in [0.2, 0.25) is 35.4 Å². The Hall–Kier alpha value is -3.26. The quantitative estimate of drug-likeness (QED) is 0.164. The number of nitrogens with one attached hydrogen (secondary N) is 4. The lowest BCUT2D eigenvalue weighted by molar-refractivity contribution is -0.144. The van der Waals surface area contributed by atoms with Gasteiger partial charge in [-0.1, -0.05) is 38.5 Å². The summed E-state index contributed by atoms with van der Waals surface area (Å²) in [7, 11) is 3.42. The van der Waals surface area contributed by atoms with Crippen molar-refractivity contribution in [3.05, 3.63) is 0 Å². The summed E-state index contributed by atoms with van der Waals surface area (Å²) in [5.41, 5.74) is 0. The highest BCUT2D eigenvalue weighted by atomic mass is 16.2. The molecule has 0 aromatic carbocycles. The molecule has 4 saturated heterocycles. The molecule has 6 amide bonds. The summed E-state index contributed by atoms with van der Waals surface area (Å²) in [5, 5.41) is 11.7. The van der Waals surface area contributed by atoms with E-state index in [0.29, 0.717) is 25.9 Å². The van der Waals surface area contributed by atoms with Gasteiger partial charge in [-0.15, -0.1) is 0 Å². The van der Waals surface area contributed by atoms with E-state index in [1.807, 2.05) is 9.80 Å². The molecule has 0 aromatic rings. The third-order valence-corrected chi connectivity index (χ3v) is 12.5. The van der Waals surface area contributed by atoms with Crippen LogP contribution in [0, 0.1) is 0 Å². The first kappa shape index (κ1) is 43.5. The standard InChI is InChI=1S/C40H70N8O6/c1-27-17-19-31-21-23-45(25-33(39(53)47(27)31)43-37(51)29(3)41-5)35(49)15-13-11-9-7-8-10-12-14-16-36(50)46-24-22-32-20-18-28(2)48(32)40(54)34(26-46)44-38(52)30(4)42-6/h27-34,41-42H,7-26H2,1-6H3,(H,43,51)(H,44,52)/t27-,28-,29+,30+,31-,32-,33+,34+/m1/s1. The van der Waals surface area contributed by atoms with Gasteiger partial charge in [-0.05, 0) is 93.2 Å². The summed E-state index contributed by atoms with van der Waals surface area (Å²) in [6.45, 7) is 9.25. The number of fused-ring (bicyclic) bond motifs is 2. The molecule has 0 bridgehead atoms. The molecule has 14 heteroatoms. The van der Waals surface area contributed by atoms with Gasteiger partial charge in [0.05, 0.1) is 12.1 Å². The average molecular weight is 759 g/mol. The van der Waals surface area contributed by atoms with Crippen LogP contribution >= 0.6 is 0 Å². The van der Waals surface area contributed by atoms with Crippen LogP contribution in [-0.2, 0) is 28.8 Å². The number of likely N-dealkylation sites (N-methyl/N-ethyl adjacent to an activating group) is 2. The second-order valence-corrected chi connectivity index (χ2v) is 16.4. The molecule has 4 heterocycles. The summed E-state index contributed by atoms with van der Waals surface area (Å²) in [5.74, 6) is -0.546. The van der Waals surface area contributed by atoms with E-state index in [-0.39, 0.29) is 72.7 Å². The van der Waals surface area contributed by atoms with Crippen LogP contribution in [0.2, 0.25) is 0 Å². The van der Waals surface area contributed by atoms with E-state index < -0.39 is 24.2 Å². The Bertz CT molecular complexity index is 1200. The molecular formula is C40H70N8O6. The minimum atomic E-state index is -0.743. The Morgan fingerprint density at radius 3 is 1.28 bits per heavy atom. The molecule has 0 aromatic heterocycles. The van der Waals surface area contributed by atoms with Gasteiger partial charge in [0.1, 0.15) is 12.1 Å². The number of hydrogen-bond donors (Lipinski definition) is 4. The second kappa shape index (κ2) is 21.2. The molecule has 4 aliphatic rings. The van der Waals surface area contributed by atoms with Crippen molar-refractivity contribution in [1.29, 1.82) is 0 Å². The first-order chi connectivity index (χ1) is 25.9. The van der Waals surface area contributed by atoms with Crippen molar-refractivity contribution < 1.29 is 28.8 Å². The maximum Gasteiger partial charge on any atom is 0.247 e. The zero-order valence-electron chi connectivity index (χ0n) is 34.0. The Balaban J connectivity index is 1.14. The highest BCUT2D eigenvalue weighted by Gasteiger charge is 2.43. The molecule has 8 atom stereocenters. The topological polar surface area (TPSA) is 164 Å². The fourth-order valence-electron chi connectivity index (χ4n) is 8.71. The summed E-state index contributed by atoms with van der Waals surface area (Å²) >= 11 is 0. The van der Waals surface area contributed by atoms with Crippen LogP contribution in [-0.4, -0.2) is 144 Å². The van der Waals surface area contributed by atoms with E-state index in [1.165, 1.54) is 0 Å². The van der Waals surface area contributed by atoms with Crippen LogP contribution in [0.1, 0.15) is 130 Å². The fourth-order valence-corrected chi connectivity index (χ4v) is 8.71. The number of hydrogen-bond acceptors (Lipinski definition) is 8. The predicted molar refractivity (Wildman–Crippen MR) is 208 cm³/mol. The van der Waals surface area contributed by atoms with Gasteiger partial charge < -0.3 is 40.9 Å². The van der Waals surface area contributed by atoms with Gasteiger partial charge in [-0.25, -0.2) is 0 Å². The summed E-state index contributed by atoms with van der Waals surface area (Å²) in [6.07, 6.45) is 13.9. The van der Waals surface area contributed by atoms with Gasteiger partial charge in [0.15, 0.2) is 0 Å². The van der Waals surface area contributed by atoms with Crippen LogP contribution in [0.25, 0.3) is 0 Å². The van der Waals surface area contributed by atoms with E-state index in [2.05, 4.69) is 35.1 Å². The van der Waals surface area contributed by atoms with Crippen molar-refractivity contribution in [2.24, 2.45) is 0 Å². The molecule has 4 rings (SSSR count). The number of carbonyl (C=O) groups excluding carboxylic acids is 6. The molecule has 14 nitrogen and oxygen atoms in total. The average Bonchev–Trinajstić information content (AvgIpc) is 3.71. The third kappa shape index (κ3) is 11.6. The van der Waals surface area contributed by atoms with Gasteiger partial charge in [-0.3, -0.25) is 28.8 Å². The van der Waals surface area contributed by atoms with Crippen molar-refractivity contribution in [2.75, 3.05) is 40.3 Å². The smallest absolute Gasteiger partial charge is 0.247 e. The van der Waals surface area contributed by atoms with Crippen LogP contribution in [0.4, 0.5) is 0 Å². The van der Waals surface area contributed by atoms with Crippen molar-refractivity contribution in [1.82, 2.24) is 40.9 Å². The Kier molecular flexibility index (Phi) is 17.0. The van der Waals surface area contributed by atoms with Crippen molar-refractivity contribution in [2.45, 2.75) is 179 Å². The van der Waals surface area contributed by atoms with E-state index in [1.54, 1.807) is 37.7 Å². The highest BCUT2D eigenvalue weighted by Crippen LogP contribution is 2.30. The maximum atomic E-state index is 13.6. The number of carbonyl (C=O) groups is 6. The second-order valence-electron chi connectivity index (χ2n) is 16.4. The SMILES string of the molecule is CN[C@@H](C)C(=O)N[C@H]1CN(C(=O)CCCCCCCCCCC(=O)N2CC[C@H]3CC[C@@H](C)N3C(=O)[C@@H](NC(=O)[C@H](C)NC)C2)CC[C@H]2CC[C@@H](C)N2C1=O. The molecule has 0 spiro atoms. The van der Waals surface area contributed by atoms with E-state index in [4.69, 9.17) is 0 Å². The summed E-state index contributed by atoms with van der Waals surface area (Å²) in [6, 6.07) is -1.87. The normalized spacial score (nSPS) is 27.3. The van der Waals surface area contributed by atoms with E-state index >= 15 is 0 Å². The highest BCUT2D eigenvalue weighted by molar-refractivity contribution is 5.92. The molecule has 0 unspecified atom stereocenters. The van der Waals surface area contributed by atoms with E-state index in [0.717, 1.165) is 89.9 Å². The first-order valence-corrected chi connectivity index (χ1v) is 21.0. The van der Waals surface area contributed by atoms with Crippen molar-refractivity contribution in [3.8, 4) is 0 Å². The Morgan fingerprint density at radius 1 is 0.574 bits per heavy atom. The lowest BCUT2D eigenvalue weighted by Crippen LogP contribution is -2.60.